The van der Waals surface area contributed by atoms with Crippen molar-refractivity contribution in [2.45, 2.75) is 13.8 Å². The van der Waals surface area contributed by atoms with Crippen LogP contribution in [0, 0.1) is 0 Å². The van der Waals surface area contributed by atoms with E-state index in [4.69, 9.17) is 9.57 Å². The molecule has 0 N–H and O–H groups in total. The molecule has 0 aliphatic carbocycles. The first-order valence-electron chi connectivity index (χ1n) is 6.93. The summed E-state index contributed by atoms with van der Waals surface area (Å²) in [6, 6.07) is 15.5. The Bertz CT molecular complexity index is 655. The number of amides is 1. The molecule has 2 rings (SSSR count). The Morgan fingerprint density at radius 2 is 1.64 bits per heavy atom. The molecule has 114 valence electrons. The third-order valence-corrected chi connectivity index (χ3v) is 2.84. The molecule has 1 amide bonds. The molecule has 0 saturated heterocycles. The Morgan fingerprint density at radius 1 is 1.00 bits per heavy atom. The van der Waals surface area contributed by atoms with Gasteiger partial charge in [0, 0.05) is 6.92 Å². The second-order valence-corrected chi connectivity index (χ2v) is 4.46. The van der Waals surface area contributed by atoms with Crippen LogP contribution in [0.3, 0.4) is 0 Å². The average molecular weight is 299 g/mol. The number of esters is 1. The highest BCUT2D eigenvalue weighted by Gasteiger charge is 2.21. The topological polar surface area (TPSA) is 55.8 Å². The third kappa shape index (κ3) is 3.63. The monoisotopic (exact) mass is 299 g/mol. The molecule has 5 nitrogen and oxygen atoms in total. The lowest BCUT2D eigenvalue weighted by Crippen LogP contribution is -2.33. The van der Waals surface area contributed by atoms with Gasteiger partial charge in [0.1, 0.15) is 0 Å². The predicted octanol–water partition coefficient (Wildman–Crippen LogP) is 3.21. The second-order valence-electron chi connectivity index (χ2n) is 4.46. The third-order valence-electron chi connectivity index (χ3n) is 2.84. The van der Waals surface area contributed by atoms with Gasteiger partial charge in [0.15, 0.2) is 5.75 Å². The van der Waals surface area contributed by atoms with Crippen molar-refractivity contribution in [1.82, 2.24) is 0 Å². The molecule has 0 spiro atoms. The molecule has 2 aromatic carbocycles. The number of nitrogens with zero attached hydrogens (tertiary/aromatic N) is 1. The maximum atomic E-state index is 12.0. The lowest BCUT2D eigenvalue weighted by atomic mass is 10.1. The van der Waals surface area contributed by atoms with E-state index in [0.29, 0.717) is 11.4 Å². The largest absolute Gasteiger partial charge is 0.462 e. The van der Waals surface area contributed by atoms with Crippen molar-refractivity contribution in [3.63, 3.8) is 0 Å². The Balaban J connectivity index is 2.37. The van der Waals surface area contributed by atoms with Gasteiger partial charge in [-0.15, -0.1) is 5.06 Å². The van der Waals surface area contributed by atoms with Crippen molar-refractivity contribution in [1.29, 1.82) is 0 Å². The average Bonchev–Trinajstić information content (AvgIpc) is 2.53. The van der Waals surface area contributed by atoms with Gasteiger partial charge < -0.3 is 9.57 Å². The van der Waals surface area contributed by atoms with Gasteiger partial charge in [-0.25, -0.2) is 4.79 Å². The van der Waals surface area contributed by atoms with E-state index in [2.05, 4.69) is 0 Å². The first-order chi connectivity index (χ1) is 10.6. The van der Waals surface area contributed by atoms with E-state index in [1.54, 1.807) is 55.5 Å². The molecule has 5 heteroatoms. The van der Waals surface area contributed by atoms with Crippen LogP contribution in [-0.2, 0) is 9.53 Å². The minimum Gasteiger partial charge on any atom is -0.462 e. The summed E-state index contributed by atoms with van der Waals surface area (Å²) >= 11 is 0. The minimum absolute atomic E-state index is 0.257. The first kappa shape index (κ1) is 15.6. The highest BCUT2D eigenvalue weighted by atomic mass is 16.7. The zero-order valence-electron chi connectivity index (χ0n) is 12.5. The second kappa shape index (κ2) is 7.26. The van der Waals surface area contributed by atoms with Crippen LogP contribution in [0.1, 0.15) is 24.2 Å². The Hall–Kier alpha value is -2.82. The van der Waals surface area contributed by atoms with Crippen LogP contribution < -0.4 is 9.90 Å². The van der Waals surface area contributed by atoms with E-state index >= 15 is 0 Å². The molecule has 2 aromatic rings. The zero-order valence-corrected chi connectivity index (χ0v) is 12.5. The van der Waals surface area contributed by atoms with Crippen LogP contribution in [-0.4, -0.2) is 18.5 Å². The number of hydrogen-bond donors (Lipinski definition) is 0. The summed E-state index contributed by atoms with van der Waals surface area (Å²) in [6.07, 6.45) is 0. The summed E-state index contributed by atoms with van der Waals surface area (Å²) in [5, 5.41) is 1.08. The lowest BCUT2D eigenvalue weighted by molar-refractivity contribution is -0.120. The van der Waals surface area contributed by atoms with Crippen LogP contribution in [0.25, 0.3) is 0 Å². The van der Waals surface area contributed by atoms with Gasteiger partial charge in [-0.1, -0.05) is 30.3 Å². The van der Waals surface area contributed by atoms with E-state index in [1.807, 2.05) is 6.07 Å². The molecule has 0 radical (unpaired) electrons. The fourth-order valence-electron chi connectivity index (χ4n) is 1.90. The predicted molar refractivity (Wildman–Crippen MR) is 82.6 cm³/mol. The summed E-state index contributed by atoms with van der Waals surface area (Å²) < 4.78 is 5.02. The normalized spacial score (nSPS) is 9.91. The Morgan fingerprint density at radius 3 is 2.27 bits per heavy atom. The summed E-state index contributed by atoms with van der Waals surface area (Å²) in [6.45, 7) is 3.35. The zero-order chi connectivity index (χ0) is 15.9. The number of anilines is 1. The molecule has 0 bridgehead atoms. The number of hydrogen-bond acceptors (Lipinski definition) is 4. The molecule has 0 heterocycles. The summed E-state index contributed by atoms with van der Waals surface area (Å²) in [4.78, 5) is 29.6. The molecule has 0 aliphatic rings. The number of benzene rings is 2. The summed E-state index contributed by atoms with van der Waals surface area (Å²) in [7, 11) is 0. The van der Waals surface area contributed by atoms with Crippen molar-refractivity contribution >= 4 is 17.6 Å². The molecular formula is C17H17NO4. The molecule has 0 aromatic heterocycles. The Kier molecular flexibility index (Phi) is 5.14. The van der Waals surface area contributed by atoms with E-state index in [1.165, 1.54) is 6.92 Å². The number of carbonyl (C=O) groups is 2. The van der Waals surface area contributed by atoms with E-state index < -0.39 is 5.97 Å². The van der Waals surface area contributed by atoms with Crippen molar-refractivity contribution in [2.24, 2.45) is 0 Å². The maximum absolute atomic E-state index is 12.0. The van der Waals surface area contributed by atoms with Gasteiger partial charge in [0.2, 0.25) is 0 Å². The van der Waals surface area contributed by atoms with Gasteiger partial charge in [-0.2, -0.15) is 0 Å². The number of carbonyl (C=O) groups excluding carboxylic acids is 2. The van der Waals surface area contributed by atoms with Gasteiger partial charge in [0.25, 0.3) is 5.91 Å². The lowest BCUT2D eigenvalue weighted by Gasteiger charge is -2.22. The van der Waals surface area contributed by atoms with E-state index in [0.717, 1.165) is 5.06 Å². The molecule has 0 unspecified atom stereocenters. The summed E-state index contributed by atoms with van der Waals surface area (Å²) in [5.41, 5.74) is 0.618. The van der Waals surface area contributed by atoms with Crippen molar-refractivity contribution in [3.05, 3.63) is 60.2 Å². The SMILES string of the molecule is CCOC(=O)c1ccccc1N(Oc1ccccc1)C(C)=O. The highest BCUT2D eigenvalue weighted by Crippen LogP contribution is 2.23. The molecule has 0 saturated carbocycles. The van der Waals surface area contributed by atoms with Crippen molar-refractivity contribution in [3.8, 4) is 5.75 Å². The van der Waals surface area contributed by atoms with E-state index in [-0.39, 0.29) is 18.1 Å². The van der Waals surface area contributed by atoms with Gasteiger partial charge in [-0.05, 0) is 31.2 Å². The number of rotatable bonds is 5. The van der Waals surface area contributed by atoms with E-state index in [9.17, 15) is 9.59 Å². The smallest absolute Gasteiger partial charge is 0.340 e. The van der Waals surface area contributed by atoms with Gasteiger partial charge >= 0.3 is 5.97 Å². The van der Waals surface area contributed by atoms with Crippen LogP contribution in [0.2, 0.25) is 0 Å². The van der Waals surface area contributed by atoms with Crippen molar-refractivity contribution in [2.75, 3.05) is 11.7 Å². The van der Waals surface area contributed by atoms with Gasteiger partial charge in [-0.3, -0.25) is 4.79 Å². The van der Waals surface area contributed by atoms with Crippen molar-refractivity contribution < 1.29 is 19.2 Å². The molecule has 0 aliphatic heterocycles. The van der Waals surface area contributed by atoms with Crippen LogP contribution in [0.15, 0.2) is 54.6 Å². The van der Waals surface area contributed by atoms with Gasteiger partial charge in [0.05, 0.1) is 17.9 Å². The number of para-hydroxylation sites is 2. The fourth-order valence-corrected chi connectivity index (χ4v) is 1.90. The number of ether oxygens (including phenoxy) is 1. The minimum atomic E-state index is -0.499. The Labute approximate surface area is 129 Å². The molecule has 0 atom stereocenters. The maximum Gasteiger partial charge on any atom is 0.340 e. The quantitative estimate of drug-likeness (QED) is 0.628. The first-order valence-corrected chi connectivity index (χ1v) is 6.93. The number of hydroxylamine groups is 1. The van der Waals surface area contributed by atoms with Crippen LogP contribution in [0.5, 0.6) is 5.75 Å². The molecular weight excluding hydrogens is 282 g/mol. The summed E-state index contributed by atoms with van der Waals surface area (Å²) in [5.74, 6) is -0.349. The van der Waals surface area contributed by atoms with Crippen LogP contribution >= 0.6 is 0 Å². The van der Waals surface area contributed by atoms with Crippen LogP contribution in [0.4, 0.5) is 5.69 Å². The fraction of sp³-hybridized carbons (Fsp3) is 0.176. The molecule has 22 heavy (non-hydrogen) atoms. The standard InChI is InChI=1S/C17H17NO4/c1-3-21-17(20)15-11-7-8-12-16(15)18(13(2)19)22-14-9-5-4-6-10-14/h4-12H,3H2,1-2H3. The highest BCUT2D eigenvalue weighted by molar-refractivity contribution is 6.01. The molecule has 0 fully saturated rings.